The van der Waals surface area contributed by atoms with E-state index in [1.807, 2.05) is 0 Å². The summed E-state index contributed by atoms with van der Waals surface area (Å²) in [5.41, 5.74) is -6.62. The first-order chi connectivity index (χ1) is 17.3. The molecule has 1 heterocycles. The van der Waals surface area contributed by atoms with Crippen LogP contribution in [-0.2, 0) is 11.8 Å². The average molecular weight is 550 g/mol. The van der Waals surface area contributed by atoms with Crippen LogP contribution in [0, 0.1) is 6.92 Å². The van der Waals surface area contributed by atoms with E-state index >= 15 is 0 Å². The third kappa shape index (κ3) is 5.82. The van der Waals surface area contributed by atoms with Gasteiger partial charge in [-0.1, -0.05) is 36.8 Å². The molecule has 204 valence electrons. The molecule has 0 radical (unpaired) electrons. The second-order valence-electron chi connectivity index (χ2n) is 8.74. The summed E-state index contributed by atoms with van der Waals surface area (Å²) in [4.78, 5) is 19.4. The summed E-state index contributed by atoms with van der Waals surface area (Å²) >= 11 is 0. The van der Waals surface area contributed by atoms with E-state index in [0.717, 1.165) is 24.0 Å². The van der Waals surface area contributed by atoms with E-state index < -0.39 is 59.2 Å². The van der Waals surface area contributed by atoms with Crippen LogP contribution in [0.15, 0.2) is 54.9 Å². The molecule has 3 rings (SSSR count). The van der Waals surface area contributed by atoms with Gasteiger partial charge < -0.3 is 5.11 Å². The van der Waals surface area contributed by atoms with Crippen LogP contribution in [0.25, 0.3) is 11.1 Å². The zero-order chi connectivity index (χ0) is 28.7. The van der Waals surface area contributed by atoms with Crippen molar-refractivity contribution >= 4 is 5.78 Å². The van der Waals surface area contributed by atoms with Gasteiger partial charge in [0.2, 0.25) is 5.82 Å². The number of rotatable bonds is 6. The number of carbonyl (C=O) groups excluding carboxylic acids is 1. The molecule has 1 aromatic heterocycles. The molecule has 0 aliphatic heterocycles. The summed E-state index contributed by atoms with van der Waals surface area (Å²) in [5, 5.41) is 9.96. The second-order valence-corrected chi connectivity index (χ2v) is 8.74. The average Bonchev–Trinajstić information content (AvgIpc) is 2.81. The van der Waals surface area contributed by atoms with E-state index in [2.05, 4.69) is 9.97 Å². The molecular weight excluding hydrogens is 531 g/mol. The molecule has 0 aliphatic carbocycles. The summed E-state index contributed by atoms with van der Waals surface area (Å²) in [6.07, 6.45) is -16.0. The number of halogens is 9. The Labute approximate surface area is 210 Å². The largest absolute Gasteiger partial charge is 0.451 e. The third-order valence-corrected chi connectivity index (χ3v) is 5.86. The standard InChI is InChI=1S/C25H19F9N2O2/c1-13-3-5-15(6-4-13)16-8-17(10-19(9-16)22(38,24(29,30)31)25(32,33)34)20(37)7-14(2)18-11-35-21(36-12-18)23(26,27)28/h3-6,8-12,14,38H,7H2,1-2H3/t14-/m0/s1. The molecule has 0 amide bonds. The number of carbonyl (C=O) groups is 1. The molecule has 13 heteroatoms. The molecule has 0 aliphatic rings. The number of alkyl halides is 9. The first-order valence-corrected chi connectivity index (χ1v) is 10.9. The van der Waals surface area contributed by atoms with Gasteiger partial charge in [-0.2, -0.15) is 39.5 Å². The van der Waals surface area contributed by atoms with Crippen molar-refractivity contribution in [3.63, 3.8) is 0 Å². The first kappa shape index (κ1) is 29.1. The van der Waals surface area contributed by atoms with Gasteiger partial charge in [0.1, 0.15) is 0 Å². The quantitative estimate of drug-likeness (QED) is 0.261. The van der Waals surface area contributed by atoms with Crippen LogP contribution in [-0.4, -0.2) is 33.2 Å². The molecule has 0 unspecified atom stereocenters. The predicted octanol–water partition coefficient (Wildman–Crippen LogP) is 7.16. The number of hydrogen-bond donors (Lipinski definition) is 1. The van der Waals surface area contributed by atoms with Crippen LogP contribution in [0.2, 0.25) is 0 Å². The Hall–Kier alpha value is -3.48. The summed E-state index contributed by atoms with van der Waals surface area (Å²) in [6, 6.07) is 7.86. The Morgan fingerprint density at radius 1 is 0.842 bits per heavy atom. The molecule has 0 spiro atoms. The van der Waals surface area contributed by atoms with Crippen LogP contribution >= 0.6 is 0 Å². The highest BCUT2D eigenvalue weighted by atomic mass is 19.4. The van der Waals surface area contributed by atoms with Crippen LogP contribution in [0.3, 0.4) is 0 Å². The molecule has 4 nitrogen and oxygen atoms in total. The van der Waals surface area contributed by atoms with E-state index in [9.17, 15) is 49.4 Å². The molecule has 0 saturated heterocycles. The van der Waals surface area contributed by atoms with Crippen molar-refractivity contribution < 1.29 is 49.4 Å². The van der Waals surface area contributed by atoms with Gasteiger partial charge in [0.15, 0.2) is 5.78 Å². The minimum Gasteiger partial charge on any atom is -0.369 e. The fraction of sp³-hybridized carbons (Fsp3) is 0.320. The molecular formula is C25H19F9N2O2. The van der Waals surface area contributed by atoms with Crippen LogP contribution in [0.5, 0.6) is 0 Å². The van der Waals surface area contributed by atoms with Crippen molar-refractivity contribution in [1.29, 1.82) is 0 Å². The SMILES string of the molecule is Cc1ccc(-c2cc(C(=O)C[C@H](C)c3cnc(C(F)(F)F)nc3)cc(C(O)(C(F)(F)F)C(F)(F)F)c2)cc1. The van der Waals surface area contributed by atoms with Crippen molar-refractivity contribution in [3.05, 3.63) is 82.9 Å². The van der Waals surface area contributed by atoms with Crippen molar-refractivity contribution in [2.75, 3.05) is 0 Å². The molecule has 0 saturated carbocycles. The number of aromatic nitrogens is 2. The highest BCUT2D eigenvalue weighted by Crippen LogP contribution is 2.50. The second kappa shape index (κ2) is 10.0. The van der Waals surface area contributed by atoms with Gasteiger partial charge in [-0.25, -0.2) is 9.97 Å². The molecule has 0 fully saturated rings. The minimum atomic E-state index is -6.18. The maximum atomic E-state index is 13.6. The molecule has 0 bridgehead atoms. The lowest BCUT2D eigenvalue weighted by Crippen LogP contribution is -2.54. The van der Waals surface area contributed by atoms with Crippen LogP contribution in [0.4, 0.5) is 39.5 Å². The predicted molar refractivity (Wildman–Crippen MR) is 117 cm³/mol. The molecule has 38 heavy (non-hydrogen) atoms. The highest BCUT2D eigenvalue weighted by Gasteiger charge is 2.71. The minimum absolute atomic E-state index is 0.0864. The molecule has 1 N–H and O–H groups in total. The summed E-state index contributed by atoms with van der Waals surface area (Å²) < 4.78 is 120. The lowest BCUT2D eigenvalue weighted by atomic mass is 9.86. The van der Waals surface area contributed by atoms with Crippen molar-refractivity contribution in [2.45, 2.75) is 50.3 Å². The summed E-state index contributed by atoms with van der Waals surface area (Å²) in [7, 11) is 0. The monoisotopic (exact) mass is 550 g/mol. The number of nitrogens with zero attached hydrogens (tertiary/aromatic N) is 2. The van der Waals surface area contributed by atoms with E-state index in [0.29, 0.717) is 12.1 Å². The van der Waals surface area contributed by atoms with Gasteiger partial charge in [0, 0.05) is 29.9 Å². The normalized spacial score (nSPS) is 13.9. The number of aryl methyl sites for hydroxylation is 1. The Balaban J connectivity index is 2.08. The van der Waals surface area contributed by atoms with Gasteiger partial charge in [0.05, 0.1) is 0 Å². The summed E-state index contributed by atoms with van der Waals surface area (Å²) in [5.74, 6) is -3.19. The van der Waals surface area contributed by atoms with Gasteiger partial charge in [-0.3, -0.25) is 4.79 Å². The molecule has 1 atom stereocenters. The van der Waals surface area contributed by atoms with E-state index in [1.54, 1.807) is 19.1 Å². The van der Waals surface area contributed by atoms with Gasteiger partial charge >= 0.3 is 18.5 Å². The molecule has 2 aromatic carbocycles. The summed E-state index contributed by atoms with van der Waals surface area (Å²) in [6.45, 7) is 3.10. The maximum absolute atomic E-state index is 13.6. The number of hydrogen-bond acceptors (Lipinski definition) is 4. The topological polar surface area (TPSA) is 63.1 Å². The Kier molecular flexibility index (Phi) is 7.66. The first-order valence-electron chi connectivity index (χ1n) is 10.9. The van der Waals surface area contributed by atoms with Gasteiger partial charge in [-0.15, -0.1) is 0 Å². The zero-order valence-corrected chi connectivity index (χ0v) is 19.6. The number of aliphatic hydroxyl groups is 1. The number of Topliss-reactive ketones (excluding diaryl/α,β-unsaturated/α-hetero) is 1. The zero-order valence-electron chi connectivity index (χ0n) is 19.6. The lowest BCUT2D eigenvalue weighted by Gasteiger charge is -2.33. The Morgan fingerprint density at radius 3 is 1.84 bits per heavy atom. The maximum Gasteiger partial charge on any atom is 0.451 e. The van der Waals surface area contributed by atoms with Gasteiger partial charge in [-0.05, 0) is 47.7 Å². The van der Waals surface area contributed by atoms with Crippen molar-refractivity contribution in [1.82, 2.24) is 9.97 Å². The van der Waals surface area contributed by atoms with E-state index in [-0.39, 0.29) is 16.7 Å². The highest BCUT2D eigenvalue weighted by molar-refractivity contribution is 5.98. The van der Waals surface area contributed by atoms with Crippen LogP contribution < -0.4 is 0 Å². The van der Waals surface area contributed by atoms with Crippen LogP contribution in [0.1, 0.15) is 52.1 Å². The fourth-order valence-corrected chi connectivity index (χ4v) is 3.65. The number of benzene rings is 2. The van der Waals surface area contributed by atoms with Gasteiger partial charge in [0.25, 0.3) is 5.60 Å². The van der Waals surface area contributed by atoms with Crippen molar-refractivity contribution in [2.24, 2.45) is 0 Å². The molecule has 3 aromatic rings. The number of ketones is 1. The fourth-order valence-electron chi connectivity index (χ4n) is 3.65. The van der Waals surface area contributed by atoms with Crippen molar-refractivity contribution in [3.8, 4) is 11.1 Å². The smallest absolute Gasteiger partial charge is 0.369 e. The van der Waals surface area contributed by atoms with E-state index in [4.69, 9.17) is 0 Å². The van der Waals surface area contributed by atoms with E-state index in [1.165, 1.54) is 19.1 Å². The Morgan fingerprint density at radius 2 is 1.37 bits per heavy atom. The Bertz CT molecular complexity index is 1280. The third-order valence-electron chi connectivity index (χ3n) is 5.86. The lowest BCUT2D eigenvalue weighted by molar-refractivity contribution is -0.376.